The lowest BCUT2D eigenvalue weighted by molar-refractivity contribution is 0.0627. The number of aliphatic hydroxyl groups is 1. The van der Waals surface area contributed by atoms with E-state index < -0.39 is 0 Å². The van der Waals surface area contributed by atoms with Gasteiger partial charge in [0.25, 0.3) is 0 Å². The minimum absolute atomic E-state index is 0.105. The largest absolute Gasteiger partial charge is 0.391 e. The topological polar surface area (TPSA) is 45.1 Å². The molecule has 3 nitrogen and oxygen atoms in total. The van der Waals surface area contributed by atoms with Gasteiger partial charge < -0.3 is 10.4 Å². The van der Waals surface area contributed by atoms with Crippen LogP contribution < -0.4 is 5.32 Å². The van der Waals surface area contributed by atoms with Crippen LogP contribution in [0, 0.1) is 5.41 Å². The van der Waals surface area contributed by atoms with Crippen LogP contribution in [0.15, 0.2) is 18.3 Å². The van der Waals surface area contributed by atoms with Crippen molar-refractivity contribution in [3.05, 3.63) is 29.0 Å². The first-order chi connectivity index (χ1) is 7.41. The molecule has 90 valence electrons. The fourth-order valence-corrected chi connectivity index (χ4v) is 1.39. The van der Waals surface area contributed by atoms with Crippen LogP contribution >= 0.6 is 11.6 Å². The molecular formula is C12H19ClN2O. The molecule has 0 bridgehead atoms. The molecule has 0 radical (unpaired) electrons. The maximum absolute atomic E-state index is 9.82. The molecule has 0 amide bonds. The highest BCUT2D eigenvalue weighted by molar-refractivity contribution is 6.30. The van der Waals surface area contributed by atoms with Crippen LogP contribution in [0.2, 0.25) is 5.15 Å². The molecule has 0 aromatic carbocycles. The lowest BCUT2D eigenvalue weighted by Crippen LogP contribution is -2.36. The number of hydrogen-bond donors (Lipinski definition) is 2. The number of halogens is 1. The van der Waals surface area contributed by atoms with E-state index in [1.807, 2.05) is 32.9 Å². The van der Waals surface area contributed by atoms with E-state index in [0.717, 1.165) is 5.56 Å². The Morgan fingerprint density at radius 1 is 1.50 bits per heavy atom. The first kappa shape index (κ1) is 13.4. The van der Waals surface area contributed by atoms with Crippen molar-refractivity contribution in [1.29, 1.82) is 0 Å². The van der Waals surface area contributed by atoms with E-state index in [9.17, 15) is 5.11 Å². The highest BCUT2D eigenvalue weighted by Crippen LogP contribution is 2.18. The van der Waals surface area contributed by atoms with Gasteiger partial charge in [-0.05, 0) is 11.5 Å². The Morgan fingerprint density at radius 2 is 2.19 bits per heavy atom. The summed E-state index contributed by atoms with van der Waals surface area (Å²) in [6.45, 7) is 7.21. The molecule has 0 saturated heterocycles. The molecule has 0 saturated carbocycles. The average Bonchev–Trinajstić information content (AvgIpc) is 2.19. The summed E-state index contributed by atoms with van der Waals surface area (Å²) in [7, 11) is 0. The average molecular weight is 243 g/mol. The van der Waals surface area contributed by atoms with E-state index >= 15 is 0 Å². The Labute approximate surface area is 102 Å². The van der Waals surface area contributed by atoms with Crippen molar-refractivity contribution in [3.63, 3.8) is 0 Å². The fourth-order valence-electron chi connectivity index (χ4n) is 1.20. The van der Waals surface area contributed by atoms with Crippen LogP contribution in [0.1, 0.15) is 26.3 Å². The number of aliphatic hydroxyl groups excluding tert-OH is 1. The summed E-state index contributed by atoms with van der Waals surface area (Å²) >= 11 is 5.92. The molecule has 0 spiro atoms. The monoisotopic (exact) mass is 242 g/mol. The Morgan fingerprint density at radius 3 is 2.75 bits per heavy atom. The van der Waals surface area contributed by atoms with Crippen LogP contribution in [-0.4, -0.2) is 22.7 Å². The zero-order valence-electron chi connectivity index (χ0n) is 10.00. The number of pyridine rings is 1. The first-order valence-corrected chi connectivity index (χ1v) is 5.77. The second-order valence-electron chi connectivity index (χ2n) is 4.97. The third-order valence-electron chi connectivity index (χ3n) is 2.49. The maximum atomic E-state index is 9.82. The van der Waals surface area contributed by atoms with Crippen molar-refractivity contribution in [2.75, 3.05) is 6.54 Å². The molecule has 2 N–H and O–H groups in total. The van der Waals surface area contributed by atoms with Gasteiger partial charge in [0.05, 0.1) is 6.10 Å². The summed E-state index contributed by atoms with van der Waals surface area (Å²) in [5.41, 5.74) is 0.844. The van der Waals surface area contributed by atoms with Crippen LogP contribution in [-0.2, 0) is 6.54 Å². The maximum Gasteiger partial charge on any atom is 0.133 e. The molecule has 0 aliphatic carbocycles. The van der Waals surface area contributed by atoms with Crippen molar-refractivity contribution in [3.8, 4) is 0 Å². The van der Waals surface area contributed by atoms with Crippen LogP contribution in [0.5, 0.6) is 0 Å². The predicted molar refractivity (Wildman–Crippen MR) is 66.4 cm³/mol. The summed E-state index contributed by atoms with van der Waals surface area (Å²) in [6, 6.07) is 3.77. The van der Waals surface area contributed by atoms with Crippen LogP contribution in [0.3, 0.4) is 0 Å². The predicted octanol–water partition coefficient (Wildman–Crippen LogP) is 2.23. The van der Waals surface area contributed by atoms with Crippen molar-refractivity contribution in [2.24, 2.45) is 5.41 Å². The van der Waals surface area contributed by atoms with Gasteiger partial charge in [0.15, 0.2) is 0 Å². The molecule has 1 atom stereocenters. The minimum Gasteiger partial charge on any atom is -0.391 e. The van der Waals surface area contributed by atoms with Gasteiger partial charge in [-0.25, -0.2) is 4.98 Å². The lowest BCUT2D eigenvalue weighted by atomic mass is 9.89. The van der Waals surface area contributed by atoms with E-state index in [0.29, 0.717) is 18.2 Å². The number of nitrogens with zero attached hydrogens (tertiary/aromatic N) is 1. The normalized spacial score (nSPS) is 13.8. The third-order valence-corrected chi connectivity index (χ3v) is 2.83. The lowest BCUT2D eigenvalue weighted by Gasteiger charge is -2.26. The van der Waals surface area contributed by atoms with Crippen LogP contribution in [0.25, 0.3) is 0 Å². The number of aromatic nitrogens is 1. The van der Waals surface area contributed by atoms with Crippen molar-refractivity contribution >= 4 is 11.6 Å². The van der Waals surface area contributed by atoms with E-state index in [4.69, 9.17) is 11.6 Å². The Hall–Kier alpha value is -0.640. The summed E-state index contributed by atoms with van der Waals surface area (Å²) in [5.74, 6) is 0. The summed E-state index contributed by atoms with van der Waals surface area (Å²) in [5, 5.41) is 13.5. The molecular weight excluding hydrogens is 224 g/mol. The third kappa shape index (κ3) is 4.08. The molecule has 1 aromatic heterocycles. The fraction of sp³-hybridized carbons (Fsp3) is 0.583. The highest BCUT2D eigenvalue weighted by Gasteiger charge is 2.21. The van der Waals surface area contributed by atoms with Crippen LogP contribution in [0.4, 0.5) is 0 Å². The van der Waals surface area contributed by atoms with Gasteiger partial charge >= 0.3 is 0 Å². The Kier molecular flexibility index (Phi) is 4.71. The van der Waals surface area contributed by atoms with E-state index in [1.165, 1.54) is 0 Å². The van der Waals surface area contributed by atoms with Gasteiger partial charge in [0, 0.05) is 24.8 Å². The smallest absolute Gasteiger partial charge is 0.133 e. The summed E-state index contributed by atoms with van der Waals surface area (Å²) in [4.78, 5) is 3.99. The van der Waals surface area contributed by atoms with Gasteiger partial charge in [-0.1, -0.05) is 38.4 Å². The van der Waals surface area contributed by atoms with Gasteiger partial charge in [-0.2, -0.15) is 0 Å². The Bertz CT molecular complexity index is 336. The van der Waals surface area contributed by atoms with Gasteiger partial charge in [0.2, 0.25) is 0 Å². The molecule has 1 heterocycles. The molecule has 1 unspecified atom stereocenters. The Balaban J connectivity index is 2.40. The number of nitrogens with one attached hydrogen (secondary N) is 1. The van der Waals surface area contributed by atoms with E-state index in [-0.39, 0.29) is 11.5 Å². The van der Waals surface area contributed by atoms with E-state index in [1.54, 1.807) is 6.20 Å². The number of hydrogen-bond acceptors (Lipinski definition) is 3. The second-order valence-corrected chi connectivity index (χ2v) is 5.32. The molecule has 0 aliphatic heterocycles. The van der Waals surface area contributed by atoms with Gasteiger partial charge in [-0.15, -0.1) is 0 Å². The highest BCUT2D eigenvalue weighted by atomic mass is 35.5. The molecule has 16 heavy (non-hydrogen) atoms. The zero-order chi connectivity index (χ0) is 12.2. The first-order valence-electron chi connectivity index (χ1n) is 5.39. The second kappa shape index (κ2) is 5.62. The standard InChI is InChI=1S/C12H19ClN2O/c1-12(2,3)10(16)8-14-7-9-5-4-6-15-11(9)13/h4-6,10,14,16H,7-8H2,1-3H3. The van der Waals surface area contributed by atoms with Crippen molar-refractivity contribution in [2.45, 2.75) is 33.4 Å². The van der Waals surface area contributed by atoms with Gasteiger partial charge in [0.1, 0.15) is 5.15 Å². The SMILES string of the molecule is CC(C)(C)C(O)CNCc1cccnc1Cl. The summed E-state index contributed by atoms with van der Waals surface area (Å²) < 4.78 is 0. The van der Waals surface area contributed by atoms with Crippen molar-refractivity contribution in [1.82, 2.24) is 10.3 Å². The minimum atomic E-state index is -0.372. The van der Waals surface area contributed by atoms with E-state index in [2.05, 4.69) is 10.3 Å². The number of rotatable bonds is 4. The molecule has 0 fully saturated rings. The molecule has 1 rings (SSSR count). The zero-order valence-corrected chi connectivity index (χ0v) is 10.8. The van der Waals surface area contributed by atoms with Crippen molar-refractivity contribution < 1.29 is 5.11 Å². The summed E-state index contributed by atoms with van der Waals surface area (Å²) in [6.07, 6.45) is 1.29. The molecule has 1 aromatic rings. The quantitative estimate of drug-likeness (QED) is 0.796. The van der Waals surface area contributed by atoms with Gasteiger partial charge in [-0.3, -0.25) is 0 Å². The molecule has 4 heteroatoms. The molecule has 0 aliphatic rings.